The molecule has 3 nitrogen and oxygen atoms in total. The summed E-state index contributed by atoms with van der Waals surface area (Å²) >= 11 is 0. The normalized spacial score (nSPS) is 23.4. The van der Waals surface area contributed by atoms with E-state index in [0.717, 1.165) is 13.0 Å². The molecule has 1 aromatic rings. The number of amides is 1. The van der Waals surface area contributed by atoms with Crippen LogP contribution in [0.1, 0.15) is 35.6 Å². The molecule has 88 valence electrons. The molecule has 0 saturated carbocycles. The third-order valence-corrected chi connectivity index (χ3v) is 3.75. The largest absolute Gasteiger partial charge is 0.334 e. The topological polar surface area (TPSA) is 37.4 Å². The minimum atomic E-state index is -0.00704. The van der Waals surface area contributed by atoms with Gasteiger partial charge in [-0.25, -0.2) is 0 Å². The molecule has 3 rings (SSSR count). The molecule has 2 aliphatic heterocycles. The van der Waals surface area contributed by atoms with Crippen molar-refractivity contribution in [2.24, 2.45) is 0 Å². The molecular formula is C14H15NO2. The van der Waals surface area contributed by atoms with Crippen molar-refractivity contribution < 1.29 is 9.59 Å². The number of piperidine rings is 1. The van der Waals surface area contributed by atoms with Gasteiger partial charge in [0.1, 0.15) is 5.78 Å². The fraction of sp³-hybridized carbons (Fsp3) is 0.429. The number of benzene rings is 1. The first-order valence-corrected chi connectivity index (χ1v) is 6.06. The van der Waals surface area contributed by atoms with E-state index in [2.05, 4.69) is 18.2 Å². The molecule has 2 heterocycles. The van der Waals surface area contributed by atoms with Crippen molar-refractivity contribution in [2.75, 3.05) is 6.54 Å². The van der Waals surface area contributed by atoms with Gasteiger partial charge in [0.15, 0.2) is 0 Å². The van der Waals surface area contributed by atoms with Crippen LogP contribution >= 0.6 is 0 Å². The van der Waals surface area contributed by atoms with Crippen LogP contribution in [-0.2, 0) is 16.0 Å². The summed E-state index contributed by atoms with van der Waals surface area (Å²) in [7, 11) is 0. The predicted octanol–water partition coefficient (Wildman–Crippen LogP) is 1.78. The Kier molecular flexibility index (Phi) is 2.28. The first-order chi connectivity index (χ1) is 8.15. The highest BCUT2D eigenvalue weighted by Gasteiger charge is 2.36. The van der Waals surface area contributed by atoms with E-state index in [1.807, 2.05) is 11.8 Å². The number of carbonyl (C=O) groups excluding carboxylic acids is 2. The van der Waals surface area contributed by atoms with Crippen molar-refractivity contribution >= 4 is 11.7 Å². The summed E-state index contributed by atoms with van der Waals surface area (Å²) in [4.78, 5) is 25.3. The molecule has 0 bridgehead atoms. The lowest BCUT2D eigenvalue weighted by atomic mass is 9.85. The average Bonchev–Trinajstić information content (AvgIpc) is 2.28. The smallest absolute Gasteiger partial charge is 0.230 e. The van der Waals surface area contributed by atoms with E-state index in [0.29, 0.717) is 6.42 Å². The molecule has 3 heteroatoms. The number of Topliss-reactive ketones (excluding diaryl/α,β-unsaturated/α-hetero) is 1. The number of fused-ring (bicyclic) bond motifs is 3. The number of hydrogen-bond donors (Lipinski definition) is 0. The van der Waals surface area contributed by atoms with Crippen molar-refractivity contribution in [3.8, 4) is 0 Å². The lowest BCUT2D eigenvalue weighted by molar-refractivity contribution is -0.143. The van der Waals surface area contributed by atoms with E-state index in [1.165, 1.54) is 16.7 Å². The molecule has 1 saturated heterocycles. The van der Waals surface area contributed by atoms with Crippen LogP contribution in [0.4, 0.5) is 0 Å². The molecule has 1 aromatic carbocycles. The Morgan fingerprint density at radius 2 is 2.12 bits per heavy atom. The average molecular weight is 229 g/mol. The van der Waals surface area contributed by atoms with Crippen molar-refractivity contribution in [2.45, 2.75) is 32.2 Å². The van der Waals surface area contributed by atoms with Crippen LogP contribution < -0.4 is 0 Å². The van der Waals surface area contributed by atoms with Gasteiger partial charge in [0.2, 0.25) is 5.91 Å². The molecule has 0 spiro atoms. The van der Waals surface area contributed by atoms with Crippen LogP contribution in [0.2, 0.25) is 0 Å². The van der Waals surface area contributed by atoms with Gasteiger partial charge < -0.3 is 4.90 Å². The van der Waals surface area contributed by atoms with Crippen molar-refractivity contribution in [1.82, 2.24) is 4.90 Å². The Labute approximate surface area is 100 Å². The maximum absolute atomic E-state index is 11.8. The summed E-state index contributed by atoms with van der Waals surface area (Å²) in [5.41, 5.74) is 3.66. The molecular weight excluding hydrogens is 214 g/mol. The molecule has 1 amide bonds. The summed E-state index contributed by atoms with van der Waals surface area (Å²) in [6, 6.07) is 6.34. The fourth-order valence-electron chi connectivity index (χ4n) is 2.89. The number of ketones is 1. The SMILES string of the molecule is Cc1ccc2c(c1)C1CC(=O)CC(=O)N1CC2. The molecule has 2 aliphatic rings. The summed E-state index contributed by atoms with van der Waals surface area (Å²) in [6.45, 7) is 2.80. The molecule has 1 atom stereocenters. The highest BCUT2D eigenvalue weighted by molar-refractivity contribution is 6.01. The second-order valence-electron chi connectivity index (χ2n) is 4.97. The maximum Gasteiger partial charge on any atom is 0.230 e. The van der Waals surface area contributed by atoms with Gasteiger partial charge in [-0.15, -0.1) is 0 Å². The highest BCUT2D eigenvalue weighted by atomic mass is 16.2. The molecule has 1 unspecified atom stereocenters. The van der Waals surface area contributed by atoms with E-state index in [9.17, 15) is 9.59 Å². The molecule has 0 aromatic heterocycles. The number of carbonyl (C=O) groups is 2. The van der Waals surface area contributed by atoms with Crippen LogP contribution in [0, 0.1) is 6.92 Å². The Hall–Kier alpha value is -1.64. The van der Waals surface area contributed by atoms with E-state index in [-0.39, 0.29) is 24.2 Å². The van der Waals surface area contributed by atoms with E-state index in [4.69, 9.17) is 0 Å². The second kappa shape index (κ2) is 3.69. The van der Waals surface area contributed by atoms with Gasteiger partial charge in [-0.1, -0.05) is 23.8 Å². The van der Waals surface area contributed by atoms with E-state index >= 15 is 0 Å². The third-order valence-electron chi connectivity index (χ3n) is 3.75. The van der Waals surface area contributed by atoms with E-state index in [1.54, 1.807) is 0 Å². The van der Waals surface area contributed by atoms with Crippen LogP contribution in [0.25, 0.3) is 0 Å². The number of aryl methyl sites for hydroxylation is 1. The lowest BCUT2D eigenvalue weighted by Crippen LogP contribution is -2.45. The molecule has 1 fully saturated rings. The van der Waals surface area contributed by atoms with Gasteiger partial charge in [0, 0.05) is 13.0 Å². The standard InChI is InChI=1S/C14H15NO2/c1-9-2-3-10-4-5-15-13(12(10)6-9)7-11(16)8-14(15)17/h2-3,6,13H,4-5,7-8H2,1H3. The minimum absolute atomic E-state index is 0.00148. The Morgan fingerprint density at radius 3 is 2.94 bits per heavy atom. The Morgan fingerprint density at radius 1 is 1.29 bits per heavy atom. The monoisotopic (exact) mass is 229 g/mol. The van der Waals surface area contributed by atoms with E-state index < -0.39 is 0 Å². The molecule has 0 N–H and O–H groups in total. The molecule has 0 radical (unpaired) electrons. The van der Waals surface area contributed by atoms with Gasteiger partial charge in [0.05, 0.1) is 12.5 Å². The maximum atomic E-state index is 11.8. The Balaban J connectivity index is 2.06. The number of nitrogens with zero attached hydrogens (tertiary/aromatic N) is 1. The van der Waals surface area contributed by atoms with Crippen LogP contribution in [0.5, 0.6) is 0 Å². The van der Waals surface area contributed by atoms with Crippen molar-refractivity contribution in [1.29, 1.82) is 0 Å². The number of rotatable bonds is 0. The summed E-state index contributed by atoms with van der Waals surface area (Å²) in [6.07, 6.45) is 1.49. The Bertz CT molecular complexity index is 507. The third kappa shape index (κ3) is 1.66. The quantitative estimate of drug-likeness (QED) is 0.636. The zero-order valence-corrected chi connectivity index (χ0v) is 9.90. The van der Waals surface area contributed by atoms with Crippen LogP contribution in [-0.4, -0.2) is 23.1 Å². The van der Waals surface area contributed by atoms with Crippen LogP contribution in [0.15, 0.2) is 18.2 Å². The fourth-order valence-corrected chi connectivity index (χ4v) is 2.89. The summed E-state index contributed by atoms with van der Waals surface area (Å²) in [5.74, 6) is 0.0732. The summed E-state index contributed by atoms with van der Waals surface area (Å²) in [5, 5.41) is 0. The summed E-state index contributed by atoms with van der Waals surface area (Å²) < 4.78 is 0. The van der Waals surface area contributed by atoms with Crippen LogP contribution in [0.3, 0.4) is 0 Å². The van der Waals surface area contributed by atoms with Gasteiger partial charge in [-0.05, 0) is 24.5 Å². The first-order valence-electron chi connectivity index (χ1n) is 6.06. The zero-order chi connectivity index (χ0) is 12.0. The zero-order valence-electron chi connectivity index (χ0n) is 9.90. The second-order valence-corrected chi connectivity index (χ2v) is 4.97. The minimum Gasteiger partial charge on any atom is -0.334 e. The van der Waals surface area contributed by atoms with Gasteiger partial charge in [0.25, 0.3) is 0 Å². The molecule has 0 aliphatic carbocycles. The first kappa shape index (κ1) is 10.5. The van der Waals surface area contributed by atoms with Gasteiger partial charge in [-0.2, -0.15) is 0 Å². The lowest BCUT2D eigenvalue weighted by Gasteiger charge is -2.40. The number of hydrogen-bond acceptors (Lipinski definition) is 2. The van der Waals surface area contributed by atoms with Crippen molar-refractivity contribution in [3.63, 3.8) is 0 Å². The predicted molar refractivity (Wildman–Crippen MR) is 63.6 cm³/mol. The molecule has 17 heavy (non-hydrogen) atoms. The van der Waals surface area contributed by atoms with Gasteiger partial charge in [-0.3, -0.25) is 9.59 Å². The van der Waals surface area contributed by atoms with Gasteiger partial charge >= 0.3 is 0 Å². The highest BCUT2D eigenvalue weighted by Crippen LogP contribution is 2.36. The van der Waals surface area contributed by atoms with Crippen molar-refractivity contribution in [3.05, 3.63) is 34.9 Å².